The van der Waals surface area contributed by atoms with Gasteiger partial charge in [0.1, 0.15) is 36.3 Å². The molecule has 6 heteroatoms. The van der Waals surface area contributed by atoms with Gasteiger partial charge in [-0.25, -0.2) is 0 Å². The first-order chi connectivity index (χ1) is 15.2. The second-order valence-electron chi connectivity index (χ2n) is 7.40. The number of hydrogen-bond acceptors (Lipinski definition) is 6. The number of carbonyl (C=O) groups excluding carboxylic acids is 1. The van der Waals surface area contributed by atoms with Crippen molar-refractivity contribution in [2.24, 2.45) is 0 Å². The van der Waals surface area contributed by atoms with Gasteiger partial charge < -0.3 is 19.0 Å². The van der Waals surface area contributed by atoms with Gasteiger partial charge in [0.25, 0.3) is 0 Å². The van der Waals surface area contributed by atoms with E-state index < -0.39 is 6.10 Å². The highest BCUT2D eigenvalue weighted by Gasteiger charge is 2.15. The Hall–Kier alpha value is -3.09. The molecular formula is C25H29NO5. The fraction of sp³-hybridized carbons (Fsp3) is 0.320. The zero-order valence-electron chi connectivity index (χ0n) is 17.8. The molecule has 0 fully saturated rings. The molecule has 164 valence electrons. The molecule has 0 aliphatic rings. The maximum Gasteiger partial charge on any atom is 0.150 e. The van der Waals surface area contributed by atoms with E-state index in [9.17, 15) is 9.90 Å². The molecule has 0 bridgehead atoms. The summed E-state index contributed by atoms with van der Waals surface area (Å²) in [5, 5.41) is 10.6. The van der Waals surface area contributed by atoms with E-state index in [1.54, 1.807) is 30.5 Å². The van der Waals surface area contributed by atoms with Crippen molar-refractivity contribution in [2.45, 2.75) is 32.5 Å². The molecule has 3 rings (SSSR count). The first kappa shape index (κ1) is 22.6. The van der Waals surface area contributed by atoms with Crippen molar-refractivity contribution in [3.63, 3.8) is 0 Å². The minimum atomic E-state index is -0.706. The molecule has 0 spiro atoms. The van der Waals surface area contributed by atoms with E-state index in [1.807, 2.05) is 36.4 Å². The molecule has 2 aromatic carbocycles. The van der Waals surface area contributed by atoms with Gasteiger partial charge in [-0.05, 0) is 48.4 Å². The second kappa shape index (κ2) is 11.9. The lowest BCUT2D eigenvalue weighted by Gasteiger charge is -2.24. The molecule has 1 heterocycles. The molecular weight excluding hydrogens is 394 g/mol. The van der Waals surface area contributed by atoms with E-state index >= 15 is 0 Å². The van der Waals surface area contributed by atoms with Crippen LogP contribution >= 0.6 is 0 Å². The zero-order chi connectivity index (χ0) is 21.9. The fourth-order valence-corrected chi connectivity index (χ4v) is 3.20. The SMILES string of the molecule is CCCOc1ccc(CN(Cc2ccco2)CC(O)COc2cccc(C=O)c2)cc1. The number of rotatable bonds is 13. The van der Waals surface area contributed by atoms with Crippen LogP contribution in [0.2, 0.25) is 0 Å². The molecule has 0 saturated heterocycles. The molecule has 0 saturated carbocycles. The van der Waals surface area contributed by atoms with E-state index in [1.165, 1.54) is 0 Å². The van der Waals surface area contributed by atoms with Gasteiger partial charge in [-0.15, -0.1) is 0 Å². The van der Waals surface area contributed by atoms with E-state index in [0.717, 1.165) is 29.8 Å². The first-order valence-corrected chi connectivity index (χ1v) is 10.5. The number of nitrogens with zero attached hydrogens (tertiary/aromatic N) is 1. The third-order valence-electron chi connectivity index (χ3n) is 4.67. The van der Waals surface area contributed by atoms with Gasteiger partial charge >= 0.3 is 0 Å². The molecule has 1 aromatic heterocycles. The van der Waals surface area contributed by atoms with Crippen LogP contribution in [-0.4, -0.2) is 42.2 Å². The predicted molar refractivity (Wildman–Crippen MR) is 118 cm³/mol. The molecule has 1 atom stereocenters. The molecule has 0 radical (unpaired) electrons. The van der Waals surface area contributed by atoms with Crippen molar-refractivity contribution < 1.29 is 23.8 Å². The summed E-state index contributed by atoms with van der Waals surface area (Å²) in [6.07, 6.45) is 2.68. The smallest absolute Gasteiger partial charge is 0.150 e. The number of furan rings is 1. The van der Waals surface area contributed by atoms with Crippen LogP contribution in [0.25, 0.3) is 0 Å². The van der Waals surface area contributed by atoms with Crippen LogP contribution in [-0.2, 0) is 13.1 Å². The summed E-state index contributed by atoms with van der Waals surface area (Å²) in [6.45, 7) is 4.52. The number of aliphatic hydroxyl groups excluding tert-OH is 1. The summed E-state index contributed by atoms with van der Waals surface area (Å²) in [7, 11) is 0. The van der Waals surface area contributed by atoms with Crippen molar-refractivity contribution >= 4 is 6.29 Å². The van der Waals surface area contributed by atoms with Crippen molar-refractivity contribution in [3.05, 3.63) is 83.8 Å². The largest absolute Gasteiger partial charge is 0.494 e. The van der Waals surface area contributed by atoms with Gasteiger partial charge in [0.05, 0.1) is 19.4 Å². The maximum atomic E-state index is 10.9. The predicted octanol–water partition coefficient (Wildman–Crippen LogP) is 4.32. The quantitative estimate of drug-likeness (QED) is 0.413. The lowest BCUT2D eigenvalue weighted by Crippen LogP contribution is -2.35. The van der Waals surface area contributed by atoms with Crippen LogP contribution in [0.5, 0.6) is 11.5 Å². The monoisotopic (exact) mass is 423 g/mol. The Morgan fingerprint density at radius 2 is 1.87 bits per heavy atom. The van der Waals surface area contributed by atoms with E-state index in [2.05, 4.69) is 11.8 Å². The lowest BCUT2D eigenvalue weighted by atomic mass is 10.2. The summed E-state index contributed by atoms with van der Waals surface area (Å²) in [6, 6.07) is 18.7. The van der Waals surface area contributed by atoms with Gasteiger partial charge in [-0.2, -0.15) is 0 Å². The molecule has 0 aliphatic heterocycles. The molecule has 0 aliphatic carbocycles. The second-order valence-corrected chi connectivity index (χ2v) is 7.40. The van der Waals surface area contributed by atoms with E-state index in [-0.39, 0.29) is 6.61 Å². The Labute approximate surface area is 183 Å². The highest BCUT2D eigenvalue weighted by molar-refractivity contribution is 5.75. The summed E-state index contributed by atoms with van der Waals surface area (Å²) >= 11 is 0. The Balaban J connectivity index is 1.59. The third kappa shape index (κ3) is 7.59. The third-order valence-corrected chi connectivity index (χ3v) is 4.67. The lowest BCUT2D eigenvalue weighted by molar-refractivity contribution is 0.0604. The normalized spacial score (nSPS) is 12.0. The van der Waals surface area contributed by atoms with Gasteiger partial charge in [-0.1, -0.05) is 31.2 Å². The van der Waals surface area contributed by atoms with Crippen LogP contribution in [0.4, 0.5) is 0 Å². The average Bonchev–Trinajstić information content (AvgIpc) is 3.30. The molecule has 6 nitrogen and oxygen atoms in total. The highest BCUT2D eigenvalue weighted by atomic mass is 16.5. The summed E-state index contributed by atoms with van der Waals surface area (Å²) in [4.78, 5) is 13.0. The minimum absolute atomic E-state index is 0.126. The Bertz CT molecular complexity index is 908. The summed E-state index contributed by atoms with van der Waals surface area (Å²) in [5.74, 6) is 2.24. The van der Waals surface area contributed by atoms with Gasteiger partial charge in [-0.3, -0.25) is 9.69 Å². The Kier molecular flexibility index (Phi) is 8.70. The van der Waals surface area contributed by atoms with Crippen molar-refractivity contribution in [2.75, 3.05) is 19.8 Å². The van der Waals surface area contributed by atoms with E-state index in [0.29, 0.717) is 37.6 Å². The Morgan fingerprint density at radius 1 is 1.03 bits per heavy atom. The zero-order valence-corrected chi connectivity index (χ0v) is 17.8. The van der Waals surface area contributed by atoms with Crippen LogP contribution in [0.1, 0.15) is 35.0 Å². The number of ether oxygens (including phenoxy) is 2. The summed E-state index contributed by atoms with van der Waals surface area (Å²) in [5.41, 5.74) is 1.65. The Morgan fingerprint density at radius 3 is 2.58 bits per heavy atom. The maximum absolute atomic E-state index is 10.9. The molecule has 1 unspecified atom stereocenters. The minimum Gasteiger partial charge on any atom is -0.494 e. The molecule has 0 amide bonds. The number of carbonyl (C=O) groups is 1. The van der Waals surface area contributed by atoms with Crippen LogP contribution in [0, 0.1) is 0 Å². The van der Waals surface area contributed by atoms with Crippen molar-refractivity contribution in [1.82, 2.24) is 4.90 Å². The van der Waals surface area contributed by atoms with Crippen LogP contribution in [0.3, 0.4) is 0 Å². The number of hydrogen-bond donors (Lipinski definition) is 1. The molecule has 31 heavy (non-hydrogen) atoms. The first-order valence-electron chi connectivity index (χ1n) is 10.5. The van der Waals surface area contributed by atoms with Crippen molar-refractivity contribution in [3.8, 4) is 11.5 Å². The van der Waals surface area contributed by atoms with Crippen LogP contribution in [0.15, 0.2) is 71.3 Å². The summed E-state index contributed by atoms with van der Waals surface area (Å²) < 4.78 is 16.8. The van der Waals surface area contributed by atoms with Gasteiger partial charge in [0.15, 0.2) is 0 Å². The molecule has 3 aromatic rings. The van der Waals surface area contributed by atoms with Crippen molar-refractivity contribution in [1.29, 1.82) is 0 Å². The van der Waals surface area contributed by atoms with E-state index in [4.69, 9.17) is 13.9 Å². The topological polar surface area (TPSA) is 72.1 Å². The highest BCUT2D eigenvalue weighted by Crippen LogP contribution is 2.17. The van der Waals surface area contributed by atoms with Gasteiger partial charge in [0.2, 0.25) is 0 Å². The van der Waals surface area contributed by atoms with Gasteiger partial charge in [0, 0.05) is 18.7 Å². The number of aldehydes is 1. The average molecular weight is 424 g/mol. The standard InChI is InChI=1S/C25H29NO5/c1-2-12-29-23-10-8-20(9-11-23)15-26(17-25-7-4-13-30-25)16-22(28)19-31-24-6-3-5-21(14-24)18-27/h3-11,13-14,18,22,28H,2,12,15-17,19H2,1H3. The number of benzene rings is 2. The van der Waals surface area contributed by atoms with Crippen LogP contribution < -0.4 is 9.47 Å². The molecule has 1 N–H and O–H groups in total. The number of aliphatic hydroxyl groups is 1. The fourth-order valence-electron chi connectivity index (χ4n) is 3.20.